The predicted octanol–water partition coefficient (Wildman–Crippen LogP) is 2.23. The maximum Gasteiger partial charge on any atom is 0.00103 e. The Morgan fingerprint density at radius 1 is 1.18 bits per heavy atom. The van der Waals surface area contributed by atoms with E-state index >= 15 is 0 Å². The fraction of sp³-hybridized carbons (Fsp3) is 1.00. The predicted molar refractivity (Wildman–Crippen MR) is 49.6 cm³/mol. The summed E-state index contributed by atoms with van der Waals surface area (Å²) in [5.41, 5.74) is 0. The largest absolute Gasteiger partial charge is 0.303 e. The Hall–Kier alpha value is -0.0400. The highest BCUT2D eigenvalue weighted by molar-refractivity contribution is 4.78. The molecule has 1 saturated heterocycles. The van der Waals surface area contributed by atoms with Crippen molar-refractivity contribution in [2.45, 2.75) is 27.7 Å². The van der Waals surface area contributed by atoms with Crippen LogP contribution in [0.2, 0.25) is 0 Å². The van der Waals surface area contributed by atoms with Crippen LogP contribution in [0.1, 0.15) is 27.7 Å². The van der Waals surface area contributed by atoms with Crippen LogP contribution >= 0.6 is 0 Å². The average Bonchev–Trinajstić information content (AvgIpc) is 2.10. The van der Waals surface area contributed by atoms with E-state index in [4.69, 9.17) is 0 Å². The first-order valence-electron chi connectivity index (χ1n) is 4.82. The smallest absolute Gasteiger partial charge is 0.00103 e. The number of likely N-dealkylation sites (tertiary alicyclic amines) is 1. The van der Waals surface area contributed by atoms with E-state index in [2.05, 4.69) is 32.6 Å². The zero-order valence-corrected chi connectivity index (χ0v) is 8.30. The summed E-state index contributed by atoms with van der Waals surface area (Å²) in [5, 5.41) is 0. The van der Waals surface area contributed by atoms with Crippen LogP contribution in [-0.2, 0) is 0 Å². The summed E-state index contributed by atoms with van der Waals surface area (Å²) in [7, 11) is 0. The van der Waals surface area contributed by atoms with Gasteiger partial charge in [0.25, 0.3) is 0 Å². The fourth-order valence-electron chi connectivity index (χ4n) is 1.91. The van der Waals surface area contributed by atoms with Crippen LogP contribution in [-0.4, -0.2) is 24.5 Å². The van der Waals surface area contributed by atoms with Gasteiger partial charge in [-0.3, -0.25) is 0 Å². The maximum atomic E-state index is 2.60. The standard InChI is InChI=1S/C10H21N/c1-8(2)5-11-6-9(3)10(4)7-11/h8-10H,5-7H2,1-4H3/t9-,10+. The van der Waals surface area contributed by atoms with Gasteiger partial charge >= 0.3 is 0 Å². The molecular formula is C10H21N. The molecule has 2 atom stereocenters. The number of nitrogens with zero attached hydrogens (tertiary/aromatic N) is 1. The topological polar surface area (TPSA) is 3.24 Å². The fourth-order valence-corrected chi connectivity index (χ4v) is 1.91. The summed E-state index contributed by atoms with van der Waals surface area (Å²) in [6.07, 6.45) is 0. The van der Waals surface area contributed by atoms with Crippen LogP contribution < -0.4 is 0 Å². The summed E-state index contributed by atoms with van der Waals surface area (Å²) >= 11 is 0. The molecule has 1 heteroatoms. The number of rotatable bonds is 2. The number of hydrogen-bond donors (Lipinski definition) is 0. The summed E-state index contributed by atoms with van der Waals surface area (Å²) in [4.78, 5) is 2.60. The molecule has 0 unspecified atom stereocenters. The van der Waals surface area contributed by atoms with Crippen molar-refractivity contribution in [2.24, 2.45) is 17.8 Å². The van der Waals surface area contributed by atoms with E-state index in [1.807, 2.05) is 0 Å². The third-order valence-corrected chi connectivity index (χ3v) is 2.69. The third kappa shape index (κ3) is 2.48. The lowest BCUT2D eigenvalue weighted by atomic mass is 10.0. The minimum Gasteiger partial charge on any atom is -0.303 e. The Bertz CT molecular complexity index is 107. The van der Waals surface area contributed by atoms with Gasteiger partial charge in [-0.25, -0.2) is 0 Å². The van der Waals surface area contributed by atoms with E-state index in [0.717, 1.165) is 17.8 Å². The first-order valence-corrected chi connectivity index (χ1v) is 4.82. The van der Waals surface area contributed by atoms with Crippen LogP contribution in [0.5, 0.6) is 0 Å². The third-order valence-electron chi connectivity index (χ3n) is 2.69. The van der Waals surface area contributed by atoms with Crippen LogP contribution in [0, 0.1) is 17.8 Å². The molecule has 0 saturated carbocycles. The van der Waals surface area contributed by atoms with Gasteiger partial charge in [0, 0.05) is 19.6 Å². The summed E-state index contributed by atoms with van der Waals surface area (Å²) in [6.45, 7) is 13.3. The Balaban J connectivity index is 2.29. The molecule has 0 radical (unpaired) electrons. The van der Waals surface area contributed by atoms with Gasteiger partial charge < -0.3 is 4.90 Å². The molecule has 0 aromatic carbocycles. The monoisotopic (exact) mass is 155 g/mol. The summed E-state index contributed by atoms with van der Waals surface area (Å²) in [6, 6.07) is 0. The van der Waals surface area contributed by atoms with Crippen LogP contribution in [0.25, 0.3) is 0 Å². The quantitative estimate of drug-likeness (QED) is 0.591. The van der Waals surface area contributed by atoms with E-state index in [1.165, 1.54) is 19.6 Å². The molecular weight excluding hydrogens is 134 g/mol. The normalized spacial score (nSPS) is 33.5. The van der Waals surface area contributed by atoms with Crippen molar-refractivity contribution in [2.75, 3.05) is 19.6 Å². The van der Waals surface area contributed by atoms with Gasteiger partial charge in [0.1, 0.15) is 0 Å². The maximum absolute atomic E-state index is 2.60. The molecule has 1 heterocycles. The molecule has 0 bridgehead atoms. The zero-order valence-electron chi connectivity index (χ0n) is 8.30. The molecule has 0 N–H and O–H groups in total. The van der Waals surface area contributed by atoms with Gasteiger partial charge in [-0.2, -0.15) is 0 Å². The van der Waals surface area contributed by atoms with E-state index in [9.17, 15) is 0 Å². The second-order valence-electron chi connectivity index (χ2n) is 4.57. The van der Waals surface area contributed by atoms with E-state index < -0.39 is 0 Å². The second kappa shape index (κ2) is 3.57. The van der Waals surface area contributed by atoms with Crippen molar-refractivity contribution < 1.29 is 0 Å². The van der Waals surface area contributed by atoms with Crippen LogP contribution in [0.4, 0.5) is 0 Å². The molecule has 66 valence electrons. The van der Waals surface area contributed by atoms with Crippen LogP contribution in [0.3, 0.4) is 0 Å². The molecule has 0 aromatic heterocycles. The van der Waals surface area contributed by atoms with Crippen molar-refractivity contribution in [1.82, 2.24) is 4.90 Å². The van der Waals surface area contributed by atoms with Gasteiger partial charge in [-0.05, 0) is 17.8 Å². The zero-order chi connectivity index (χ0) is 8.43. The number of hydrogen-bond acceptors (Lipinski definition) is 1. The van der Waals surface area contributed by atoms with Gasteiger partial charge in [-0.1, -0.05) is 27.7 Å². The molecule has 1 fully saturated rings. The van der Waals surface area contributed by atoms with Crippen LogP contribution in [0.15, 0.2) is 0 Å². The summed E-state index contributed by atoms with van der Waals surface area (Å²) < 4.78 is 0. The van der Waals surface area contributed by atoms with Gasteiger partial charge in [0.05, 0.1) is 0 Å². The van der Waals surface area contributed by atoms with E-state index in [1.54, 1.807) is 0 Å². The molecule has 0 aromatic rings. The first kappa shape index (κ1) is 9.05. The van der Waals surface area contributed by atoms with Crippen molar-refractivity contribution >= 4 is 0 Å². The summed E-state index contributed by atoms with van der Waals surface area (Å²) in [5.74, 6) is 2.65. The molecule has 11 heavy (non-hydrogen) atoms. The average molecular weight is 155 g/mol. The van der Waals surface area contributed by atoms with Gasteiger partial charge in [-0.15, -0.1) is 0 Å². The molecule has 0 aliphatic carbocycles. The van der Waals surface area contributed by atoms with E-state index in [-0.39, 0.29) is 0 Å². The minimum atomic E-state index is 0.826. The molecule has 1 nitrogen and oxygen atoms in total. The Labute approximate surface area is 70.8 Å². The highest BCUT2D eigenvalue weighted by atomic mass is 15.1. The highest BCUT2D eigenvalue weighted by Crippen LogP contribution is 2.22. The molecule has 0 spiro atoms. The Morgan fingerprint density at radius 3 is 2.00 bits per heavy atom. The van der Waals surface area contributed by atoms with Crippen molar-refractivity contribution in [3.63, 3.8) is 0 Å². The first-order chi connectivity index (χ1) is 5.09. The van der Waals surface area contributed by atoms with Crippen molar-refractivity contribution in [3.8, 4) is 0 Å². The highest BCUT2D eigenvalue weighted by Gasteiger charge is 2.25. The lowest BCUT2D eigenvalue weighted by molar-refractivity contribution is 0.286. The van der Waals surface area contributed by atoms with Gasteiger partial charge in [0.2, 0.25) is 0 Å². The van der Waals surface area contributed by atoms with E-state index in [0.29, 0.717) is 0 Å². The second-order valence-corrected chi connectivity index (χ2v) is 4.57. The molecule has 1 aliphatic heterocycles. The SMILES string of the molecule is CC(C)CN1C[C@@H](C)[C@@H](C)C1. The van der Waals surface area contributed by atoms with Gasteiger partial charge in [0.15, 0.2) is 0 Å². The lowest BCUT2D eigenvalue weighted by Crippen LogP contribution is -2.25. The minimum absolute atomic E-state index is 0.826. The van der Waals surface area contributed by atoms with Crippen molar-refractivity contribution in [1.29, 1.82) is 0 Å². The molecule has 0 amide bonds. The lowest BCUT2D eigenvalue weighted by Gasteiger charge is -2.17. The Kier molecular flexibility index (Phi) is 2.94. The molecule has 1 aliphatic rings. The molecule has 1 rings (SSSR count). The Morgan fingerprint density at radius 2 is 1.64 bits per heavy atom. The van der Waals surface area contributed by atoms with Crippen molar-refractivity contribution in [3.05, 3.63) is 0 Å².